The van der Waals surface area contributed by atoms with Crippen LogP contribution in [-0.4, -0.2) is 126 Å². The summed E-state index contributed by atoms with van der Waals surface area (Å²) in [6.45, 7) is 0.881. The topological polar surface area (TPSA) is 361 Å². The Labute approximate surface area is 471 Å². The molecule has 4 fully saturated rings. The highest BCUT2D eigenvalue weighted by Gasteiger charge is 2.39. The molecule has 1 aliphatic heterocycles. The molecule has 1 heterocycles. The number of aliphatic imine (C=N–C) groups is 1. The highest BCUT2D eigenvalue weighted by Crippen LogP contribution is 2.36. The van der Waals surface area contributed by atoms with Gasteiger partial charge in [0.15, 0.2) is 5.96 Å². The molecule has 22 nitrogen and oxygen atoms in total. The van der Waals surface area contributed by atoms with Crippen molar-refractivity contribution in [3.63, 3.8) is 0 Å². The highest BCUT2D eigenvalue weighted by molar-refractivity contribution is 6.23. The average Bonchev–Trinajstić information content (AvgIpc) is 4.34. The van der Waals surface area contributed by atoms with E-state index in [4.69, 9.17) is 17.2 Å². The number of carbonyl (C=O) groups excluding carboxylic acids is 8. The number of hydrogen-bond donors (Lipinski definition) is 12. The van der Waals surface area contributed by atoms with Crippen molar-refractivity contribution in [2.75, 3.05) is 19.6 Å². The number of carboxylic acid groups (broad SMARTS) is 1. The summed E-state index contributed by atoms with van der Waals surface area (Å²) in [4.78, 5) is 127. The first-order valence-electron chi connectivity index (χ1n) is 29.0. The van der Waals surface area contributed by atoms with Crippen LogP contribution in [0.4, 0.5) is 0 Å². The summed E-state index contributed by atoms with van der Waals surface area (Å²) in [5.41, 5.74) is 17.8. The van der Waals surface area contributed by atoms with E-state index < -0.39 is 102 Å². The van der Waals surface area contributed by atoms with E-state index in [0.29, 0.717) is 83.7 Å². The van der Waals surface area contributed by atoms with Crippen molar-refractivity contribution >= 4 is 91.5 Å². The number of carboxylic acids is 1. The minimum atomic E-state index is -1.19. The van der Waals surface area contributed by atoms with Gasteiger partial charge in [-0.2, -0.15) is 0 Å². The van der Waals surface area contributed by atoms with Crippen LogP contribution in [-0.2, 0) is 49.6 Å². The highest BCUT2D eigenvalue weighted by atomic mass is 16.4. The molecule has 3 saturated carbocycles. The van der Waals surface area contributed by atoms with Gasteiger partial charge < -0.3 is 64.8 Å². The fourth-order valence-corrected chi connectivity index (χ4v) is 12.3. The van der Waals surface area contributed by atoms with Gasteiger partial charge in [0, 0.05) is 55.4 Å². The lowest BCUT2D eigenvalue weighted by Crippen LogP contribution is -2.55. The van der Waals surface area contributed by atoms with Gasteiger partial charge in [-0.3, -0.25) is 48.1 Å². The van der Waals surface area contributed by atoms with Crippen LogP contribution in [0.1, 0.15) is 128 Å². The minimum absolute atomic E-state index is 0.131. The Morgan fingerprint density at radius 3 is 1.47 bits per heavy atom. The minimum Gasteiger partial charge on any atom is -0.481 e. The molecule has 15 N–H and O–H groups in total. The third-order valence-electron chi connectivity index (χ3n) is 16.7. The van der Waals surface area contributed by atoms with E-state index in [1.807, 2.05) is 12.1 Å². The first-order valence-corrected chi connectivity index (χ1v) is 29.0. The third-order valence-corrected chi connectivity index (χ3v) is 16.7. The number of fused-ring (bicyclic) bond motifs is 6. The first-order chi connectivity index (χ1) is 39.0. The maximum atomic E-state index is 14.3. The number of nitrogens with two attached hydrogens (primary N) is 3. The zero-order chi connectivity index (χ0) is 57.6. The van der Waals surface area contributed by atoms with Crippen molar-refractivity contribution < 1.29 is 48.3 Å². The number of benzene rings is 4. The van der Waals surface area contributed by atoms with Gasteiger partial charge in [-0.15, -0.1) is 0 Å². The Morgan fingerprint density at radius 1 is 0.519 bits per heavy atom. The molecule has 0 radical (unpaired) electrons. The molecule has 3 aliphatic carbocycles. The number of hydrogen-bond acceptors (Lipinski definition) is 11. The van der Waals surface area contributed by atoms with Crippen LogP contribution in [0.2, 0.25) is 0 Å². The van der Waals surface area contributed by atoms with Crippen molar-refractivity contribution in [3.05, 3.63) is 60.2 Å². The summed E-state index contributed by atoms with van der Waals surface area (Å²) in [5, 5.41) is 39.8. The van der Waals surface area contributed by atoms with E-state index in [2.05, 4.69) is 90.0 Å². The van der Waals surface area contributed by atoms with Crippen LogP contribution in [0.15, 0.2) is 59.6 Å². The van der Waals surface area contributed by atoms with E-state index >= 15 is 0 Å². The Balaban J connectivity index is 0.955. The number of rotatable bonds is 18. The molecule has 0 spiro atoms. The van der Waals surface area contributed by atoms with Crippen molar-refractivity contribution in [2.45, 2.75) is 171 Å². The number of guanidine groups is 1. The molecule has 1 saturated heterocycles. The monoisotopic (exact) mass is 1120 g/mol. The smallest absolute Gasteiger partial charge is 0.303 e. The lowest BCUT2D eigenvalue weighted by atomic mass is 9.91. The zero-order valence-corrected chi connectivity index (χ0v) is 46.0. The second kappa shape index (κ2) is 28.2. The van der Waals surface area contributed by atoms with Crippen LogP contribution < -0.4 is 59.7 Å². The third kappa shape index (κ3) is 16.1. The molecule has 4 aliphatic rings. The summed E-state index contributed by atoms with van der Waals surface area (Å²) in [6, 6.07) is 13.0. The van der Waals surface area contributed by atoms with Gasteiger partial charge in [0.1, 0.15) is 24.2 Å². The van der Waals surface area contributed by atoms with Crippen LogP contribution >= 0.6 is 0 Å². The molecule has 6 bridgehead atoms. The second-order valence-corrected chi connectivity index (χ2v) is 22.7. The summed E-state index contributed by atoms with van der Waals surface area (Å²) >= 11 is 0. The van der Waals surface area contributed by atoms with Crippen molar-refractivity contribution in [1.82, 2.24) is 42.5 Å². The average molecular weight is 1120 g/mol. The van der Waals surface area contributed by atoms with E-state index in [-0.39, 0.29) is 81.6 Å². The predicted molar refractivity (Wildman–Crippen MR) is 306 cm³/mol. The molecular formula is C59H80N12O10. The van der Waals surface area contributed by atoms with E-state index in [0.717, 1.165) is 32.5 Å². The SMILES string of the molecule is NCCCCC1NC(=O)C2CC[C@@H](C2)NC(=O)[C@@H](CCCCNC(=O)Cc2ccc3ccc4cccc5ccc2c3c45)NC(=O)C2CC[C@@H](C2)NC(=O)C(CCC(=O)O)NC(=O)C2CC[C@@H](C2)NC(=O)C(CCCN=C(N)N)NC1=O. The normalized spacial score (nSPS) is 26.2. The summed E-state index contributed by atoms with van der Waals surface area (Å²) in [7, 11) is 0. The fourth-order valence-electron chi connectivity index (χ4n) is 12.3. The number of aliphatic carboxylic acids is 1. The number of nitrogens with zero attached hydrogens (tertiary/aromatic N) is 1. The van der Waals surface area contributed by atoms with Crippen molar-refractivity contribution in [3.8, 4) is 0 Å². The van der Waals surface area contributed by atoms with E-state index in [9.17, 15) is 48.3 Å². The van der Waals surface area contributed by atoms with Gasteiger partial charge in [0.05, 0.1) is 6.42 Å². The molecule has 0 aromatic heterocycles. The van der Waals surface area contributed by atoms with Gasteiger partial charge in [0.25, 0.3) is 0 Å². The van der Waals surface area contributed by atoms with Gasteiger partial charge in [0.2, 0.25) is 47.3 Å². The van der Waals surface area contributed by atoms with Crippen LogP contribution in [0.25, 0.3) is 32.3 Å². The molecular weight excluding hydrogens is 1040 g/mol. The van der Waals surface area contributed by atoms with Crippen LogP contribution in [0.3, 0.4) is 0 Å². The van der Waals surface area contributed by atoms with Gasteiger partial charge in [-0.25, -0.2) is 0 Å². The van der Waals surface area contributed by atoms with Crippen LogP contribution in [0, 0.1) is 17.8 Å². The number of nitrogens with one attached hydrogen (secondary N) is 8. The Bertz CT molecular complexity index is 2950. The standard InChI is InChI=1S/C59H80N12O10/c60-26-3-1-9-45-58(81)71-46(11-6-28-64-59(61)62)56(79)66-41-21-18-39(31-41)54(77)70-47(24-25-49(73)74)57(80)67-42-22-17-37(30-42)52(75)68-44(55(78)65-40-20-16-38(29-40)53(76)69-45)10-2-4-27-63-48(72)32-36-15-14-35-13-12-33-7-5-8-34-19-23-43(36)51(35)50(33)34/h5,7-8,12-15,19,23,37-42,44-47H,1-4,6,9-11,16-18,20-22,24-32,60H2,(H,63,72)(H,65,78)(H,66,79)(H,67,80)(H,68,75)(H,69,76)(H,70,77)(H,71,81)(H,73,74)(H4,61,62,64)/t37?,38?,39?,40-,41-,42-,44+,45?,46?,47?/m0/s1. The zero-order valence-electron chi connectivity index (χ0n) is 46.0. The lowest BCUT2D eigenvalue weighted by molar-refractivity contribution is -0.138. The first kappa shape index (κ1) is 59.5. The quantitative estimate of drug-likeness (QED) is 0.0295. The van der Waals surface area contributed by atoms with Crippen molar-refractivity contribution in [2.24, 2.45) is 39.9 Å². The number of amides is 8. The summed E-state index contributed by atoms with van der Waals surface area (Å²) in [5.74, 6) is -6.48. The Kier molecular flexibility index (Phi) is 20.7. The molecule has 6 unspecified atom stereocenters. The Morgan fingerprint density at radius 2 is 0.963 bits per heavy atom. The summed E-state index contributed by atoms with van der Waals surface area (Å²) < 4.78 is 0. The predicted octanol–water partition coefficient (Wildman–Crippen LogP) is 2.27. The summed E-state index contributed by atoms with van der Waals surface area (Å²) in [6.07, 6.45) is 5.83. The Hall–Kier alpha value is -7.62. The maximum absolute atomic E-state index is 14.3. The second-order valence-electron chi connectivity index (χ2n) is 22.7. The maximum Gasteiger partial charge on any atom is 0.303 e. The molecule has 81 heavy (non-hydrogen) atoms. The molecule has 10 atom stereocenters. The molecule has 22 heteroatoms. The molecule has 8 rings (SSSR count). The van der Waals surface area contributed by atoms with E-state index in [1.165, 1.54) is 5.39 Å². The molecule has 4 aromatic carbocycles. The van der Waals surface area contributed by atoms with Gasteiger partial charge >= 0.3 is 5.97 Å². The largest absolute Gasteiger partial charge is 0.481 e. The van der Waals surface area contributed by atoms with Crippen LogP contribution in [0.5, 0.6) is 0 Å². The number of unbranched alkanes of at least 4 members (excludes halogenated alkanes) is 2. The van der Waals surface area contributed by atoms with Crippen molar-refractivity contribution in [1.29, 1.82) is 0 Å². The molecule has 4 aromatic rings. The lowest BCUT2D eigenvalue weighted by Gasteiger charge is -2.25. The number of carbonyl (C=O) groups is 9. The molecule has 436 valence electrons. The van der Waals surface area contributed by atoms with Gasteiger partial charge in [-0.05, 0) is 160 Å². The molecule has 8 amide bonds. The fraction of sp³-hybridized carbons (Fsp3) is 0.559. The van der Waals surface area contributed by atoms with Gasteiger partial charge in [-0.1, -0.05) is 54.6 Å². The van der Waals surface area contributed by atoms with E-state index in [1.54, 1.807) is 0 Å².